The number of urea groups is 1. The largest absolute Gasteiger partial charge is 0.465 e. The molecule has 25 heavy (non-hydrogen) atoms. The smallest absolute Gasteiger partial charge is 0.337 e. The molecule has 8 nitrogen and oxygen atoms in total. The zero-order valence-corrected chi connectivity index (χ0v) is 14.9. The van der Waals surface area contributed by atoms with Crippen LogP contribution in [0.3, 0.4) is 0 Å². The van der Waals surface area contributed by atoms with Crippen molar-refractivity contribution in [2.24, 2.45) is 5.92 Å². The van der Waals surface area contributed by atoms with Crippen LogP contribution in [0.5, 0.6) is 0 Å². The number of carbonyl (C=O) groups excluding carboxylic acids is 2. The summed E-state index contributed by atoms with van der Waals surface area (Å²) in [7, 11) is -2.00. The minimum absolute atomic E-state index is 0.130. The number of fused-ring (bicyclic) bond motifs is 2. The standard InChI is InChI=1S/C16H21N3O5S/c1-24-15(20)11-3-5-12(6-4-11)17-16(21)19-9-10-7-13(14(19)8-10)18-25(2,22)23/h3-6,10,13-14,18H,7-9H2,1-2H3,(H,17,21)/t10-,13+,14-/m1/s1. The van der Waals surface area contributed by atoms with Crippen molar-refractivity contribution in [3.05, 3.63) is 29.8 Å². The van der Waals surface area contributed by atoms with Gasteiger partial charge < -0.3 is 15.0 Å². The number of nitrogens with one attached hydrogen (secondary N) is 2. The number of likely N-dealkylation sites (tertiary alicyclic amines) is 1. The minimum Gasteiger partial charge on any atom is -0.465 e. The fourth-order valence-electron chi connectivity index (χ4n) is 3.66. The van der Waals surface area contributed by atoms with Crippen LogP contribution in [0, 0.1) is 5.92 Å². The maximum Gasteiger partial charge on any atom is 0.337 e. The van der Waals surface area contributed by atoms with Gasteiger partial charge in [0.25, 0.3) is 0 Å². The van der Waals surface area contributed by atoms with Gasteiger partial charge >= 0.3 is 12.0 Å². The number of rotatable bonds is 4. The van der Waals surface area contributed by atoms with Crippen molar-refractivity contribution in [3.8, 4) is 0 Å². The van der Waals surface area contributed by atoms with Gasteiger partial charge in [0.1, 0.15) is 0 Å². The third-order valence-corrected chi connectivity index (χ3v) is 5.40. The van der Waals surface area contributed by atoms with Crippen LogP contribution in [-0.2, 0) is 14.8 Å². The summed E-state index contributed by atoms with van der Waals surface area (Å²) >= 11 is 0. The fourth-order valence-corrected chi connectivity index (χ4v) is 4.47. The summed E-state index contributed by atoms with van der Waals surface area (Å²) < 4.78 is 30.2. The summed E-state index contributed by atoms with van der Waals surface area (Å²) in [6.07, 6.45) is 2.70. The van der Waals surface area contributed by atoms with Gasteiger partial charge in [0.2, 0.25) is 10.0 Å². The van der Waals surface area contributed by atoms with Crippen molar-refractivity contribution >= 4 is 27.7 Å². The summed E-state index contributed by atoms with van der Waals surface area (Å²) in [6.45, 7) is 0.624. The van der Waals surface area contributed by atoms with E-state index in [1.807, 2.05) is 0 Å². The lowest BCUT2D eigenvalue weighted by atomic mass is 10.1. The van der Waals surface area contributed by atoms with E-state index in [0.29, 0.717) is 23.7 Å². The molecule has 1 aromatic carbocycles. The van der Waals surface area contributed by atoms with E-state index in [9.17, 15) is 18.0 Å². The molecule has 1 aliphatic carbocycles. The molecule has 9 heteroatoms. The van der Waals surface area contributed by atoms with Gasteiger partial charge in [0.15, 0.2) is 0 Å². The van der Waals surface area contributed by atoms with E-state index >= 15 is 0 Å². The molecule has 1 saturated carbocycles. The number of piperidine rings is 1. The lowest BCUT2D eigenvalue weighted by Crippen LogP contribution is -2.52. The summed E-state index contributed by atoms with van der Waals surface area (Å²) in [5, 5.41) is 2.79. The van der Waals surface area contributed by atoms with Crippen LogP contribution in [0.25, 0.3) is 0 Å². The molecule has 1 aliphatic heterocycles. The van der Waals surface area contributed by atoms with E-state index in [4.69, 9.17) is 0 Å². The number of carbonyl (C=O) groups is 2. The number of hydrogen-bond donors (Lipinski definition) is 2. The van der Waals surface area contributed by atoms with Crippen LogP contribution >= 0.6 is 0 Å². The van der Waals surface area contributed by atoms with Gasteiger partial charge in [-0.1, -0.05) is 0 Å². The predicted octanol–water partition coefficient (Wildman–Crippen LogP) is 1.02. The third kappa shape index (κ3) is 3.93. The number of anilines is 1. The van der Waals surface area contributed by atoms with Crippen LogP contribution in [0.1, 0.15) is 23.2 Å². The molecule has 2 N–H and O–H groups in total. The number of methoxy groups -OCH3 is 1. The summed E-state index contributed by atoms with van der Waals surface area (Å²) in [5.74, 6) is -0.124. The van der Waals surface area contributed by atoms with Gasteiger partial charge in [-0.25, -0.2) is 22.7 Å². The first-order valence-electron chi connectivity index (χ1n) is 8.00. The quantitative estimate of drug-likeness (QED) is 0.773. The normalized spacial score (nSPS) is 25.0. The molecule has 0 aromatic heterocycles. The molecule has 136 valence electrons. The predicted molar refractivity (Wildman–Crippen MR) is 91.8 cm³/mol. The summed E-state index contributed by atoms with van der Waals surface area (Å²) in [6, 6.07) is 5.78. The van der Waals surface area contributed by atoms with Crippen LogP contribution in [-0.4, -0.2) is 57.3 Å². The van der Waals surface area contributed by atoms with Crippen LogP contribution in [0.4, 0.5) is 10.5 Å². The monoisotopic (exact) mass is 367 g/mol. The molecule has 2 bridgehead atoms. The van der Waals surface area contributed by atoms with Crippen molar-refractivity contribution in [1.29, 1.82) is 0 Å². The van der Waals surface area contributed by atoms with Gasteiger partial charge in [0, 0.05) is 18.3 Å². The number of ether oxygens (including phenoxy) is 1. The summed E-state index contributed by atoms with van der Waals surface area (Å²) in [5.41, 5.74) is 0.964. The van der Waals surface area contributed by atoms with E-state index in [0.717, 1.165) is 19.1 Å². The minimum atomic E-state index is -3.31. The first kappa shape index (κ1) is 17.7. The van der Waals surface area contributed by atoms with Crippen molar-refractivity contribution < 1.29 is 22.7 Å². The first-order chi connectivity index (χ1) is 11.8. The summed E-state index contributed by atoms with van der Waals surface area (Å²) in [4.78, 5) is 25.6. The Balaban J connectivity index is 1.65. The third-order valence-electron chi connectivity index (χ3n) is 4.67. The molecule has 0 spiro atoms. The molecule has 1 aromatic rings. The maximum atomic E-state index is 12.5. The SMILES string of the molecule is COC(=O)c1ccc(NC(=O)N2C[C@@H]3C[C@H](NS(C)(=O)=O)[C@H]2C3)cc1. The molecular weight excluding hydrogens is 346 g/mol. The number of benzene rings is 1. The van der Waals surface area contributed by atoms with Gasteiger partial charge in [-0.3, -0.25) is 0 Å². The second-order valence-corrected chi connectivity index (χ2v) is 8.33. The Kier molecular flexibility index (Phi) is 4.70. The maximum absolute atomic E-state index is 12.5. The van der Waals surface area contributed by atoms with E-state index < -0.39 is 16.0 Å². The van der Waals surface area contributed by atoms with Crippen molar-refractivity contribution in [1.82, 2.24) is 9.62 Å². The Bertz CT molecular complexity index is 777. The zero-order valence-electron chi connectivity index (χ0n) is 14.1. The number of hydrogen-bond acceptors (Lipinski definition) is 5. The number of esters is 1. The molecule has 2 aliphatic rings. The highest BCUT2D eigenvalue weighted by atomic mass is 32.2. The second kappa shape index (κ2) is 6.64. The lowest BCUT2D eigenvalue weighted by molar-refractivity contribution is 0.0600. The van der Waals surface area contributed by atoms with Crippen LogP contribution in [0.15, 0.2) is 24.3 Å². The average Bonchev–Trinajstić information content (AvgIpc) is 3.13. The van der Waals surface area contributed by atoms with Crippen molar-refractivity contribution in [2.45, 2.75) is 24.9 Å². The molecule has 1 heterocycles. The Morgan fingerprint density at radius 2 is 1.88 bits per heavy atom. The van der Waals surface area contributed by atoms with Gasteiger partial charge in [-0.15, -0.1) is 0 Å². The van der Waals surface area contributed by atoms with Crippen molar-refractivity contribution in [3.63, 3.8) is 0 Å². The molecule has 0 unspecified atom stereocenters. The van der Waals surface area contributed by atoms with E-state index in [1.54, 1.807) is 29.2 Å². The zero-order chi connectivity index (χ0) is 18.2. The lowest BCUT2D eigenvalue weighted by Gasteiger charge is -2.33. The van der Waals surface area contributed by atoms with Crippen LogP contribution in [0.2, 0.25) is 0 Å². The molecule has 3 atom stereocenters. The molecule has 0 radical (unpaired) electrons. The molecule has 1 saturated heterocycles. The Labute approximate surface area is 146 Å². The number of amides is 2. The highest BCUT2D eigenvalue weighted by molar-refractivity contribution is 7.88. The van der Waals surface area contributed by atoms with E-state index in [2.05, 4.69) is 14.8 Å². The van der Waals surface area contributed by atoms with E-state index in [-0.39, 0.29) is 18.1 Å². The highest BCUT2D eigenvalue weighted by Gasteiger charge is 2.47. The molecule has 2 fully saturated rings. The fraction of sp³-hybridized carbons (Fsp3) is 0.500. The van der Waals surface area contributed by atoms with Crippen molar-refractivity contribution in [2.75, 3.05) is 25.2 Å². The Morgan fingerprint density at radius 3 is 2.44 bits per heavy atom. The average molecular weight is 367 g/mol. The van der Waals surface area contributed by atoms with Gasteiger partial charge in [0.05, 0.1) is 25.0 Å². The van der Waals surface area contributed by atoms with E-state index in [1.165, 1.54) is 7.11 Å². The second-order valence-electron chi connectivity index (χ2n) is 6.55. The Hall–Kier alpha value is -2.13. The molecule has 2 amide bonds. The van der Waals surface area contributed by atoms with Crippen LogP contribution < -0.4 is 10.0 Å². The van der Waals surface area contributed by atoms with Gasteiger partial charge in [-0.05, 0) is 43.0 Å². The number of sulfonamides is 1. The molecular formula is C16H21N3O5S. The van der Waals surface area contributed by atoms with Gasteiger partial charge in [-0.2, -0.15) is 0 Å². The topological polar surface area (TPSA) is 105 Å². The highest BCUT2D eigenvalue weighted by Crippen LogP contribution is 2.38. The molecule has 3 rings (SSSR count). The number of nitrogens with zero attached hydrogens (tertiary/aromatic N) is 1. The first-order valence-corrected chi connectivity index (χ1v) is 9.89. The Morgan fingerprint density at radius 1 is 1.20 bits per heavy atom.